The van der Waals surface area contributed by atoms with Crippen LogP contribution in [0.25, 0.3) is 0 Å². The molecule has 0 spiro atoms. The van der Waals surface area contributed by atoms with Crippen LogP contribution in [-0.2, 0) is 0 Å². The molecular formula is C16H20N4O. The highest BCUT2D eigenvalue weighted by molar-refractivity contribution is 6.03. The van der Waals surface area contributed by atoms with Crippen LogP contribution in [0.4, 0.5) is 11.5 Å². The van der Waals surface area contributed by atoms with Crippen LogP contribution in [0.2, 0.25) is 0 Å². The molecule has 1 aromatic carbocycles. The molecule has 2 N–H and O–H groups in total. The molecule has 0 saturated carbocycles. The smallest absolute Gasteiger partial charge is 0.276 e. The Hall–Kier alpha value is -2.43. The van der Waals surface area contributed by atoms with E-state index in [-0.39, 0.29) is 5.91 Å². The summed E-state index contributed by atoms with van der Waals surface area (Å²) < 4.78 is 0. The third kappa shape index (κ3) is 4.02. The third-order valence-electron chi connectivity index (χ3n) is 3.09. The van der Waals surface area contributed by atoms with Gasteiger partial charge in [0, 0.05) is 12.2 Å². The molecular weight excluding hydrogens is 264 g/mol. The molecule has 0 unspecified atom stereocenters. The van der Waals surface area contributed by atoms with Crippen molar-refractivity contribution in [3.63, 3.8) is 0 Å². The van der Waals surface area contributed by atoms with Crippen molar-refractivity contribution < 1.29 is 4.79 Å². The minimum Gasteiger partial charge on any atom is -0.369 e. The molecule has 2 rings (SSSR count). The SMILES string of the molecule is CCCNc1ccc(C(=O)Nc2cc(C)ccc2C)nn1. The fraction of sp³-hybridized carbons (Fsp3) is 0.312. The van der Waals surface area contributed by atoms with Crippen molar-refractivity contribution in [2.24, 2.45) is 0 Å². The summed E-state index contributed by atoms with van der Waals surface area (Å²) in [5.41, 5.74) is 3.22. The van der Waals surface area contributed by atoms with E-state index in [9.17, 15) is 4.79 Å². The van der Waals surface area contributed by atoms with Crippen molar-refractivity contribution in [3.8, 4) is 0 Å². The number of nitrogens with one attached hydrogen (secondary N) is 2. The second kappa shape index (κ2) is 6.83. The van der Waals surface area contributed by atoms with Gasteiger partial charge in [0.05, 0.1) is 0 Å². The molecule has 5 nitrogen and oxygen atoms in total. The van der Waals surface area contributed by atoms with E-state index in [1.807, 2.05) is 32.0 Å². The molecule has 110 valence electrons. The second-order valence-corrected chi connectivity index (χ2v) is 5.00. The summed E-state index contributed by atoms with van der Waals surface area (Å²) in [4.78, 5) is 12.2. The van der Waals surface area contributed by atoms with Gasteiger partial charge >= 0.3 is 0 Å². The van der Waals surface area contributed by atoms with Gasteiger partial charge in [-0.2, -0.15) is 0 Å². The highest BCUT2D eigenvalue weighted by atomic mass is 16.1. The topological polar surface area (TPSA) is 66.9 Å². The van der Waals surface area contributed by atoms with E-state index >= 15 is 0 Å². The summed E-state index contributed by atoms with van der Waals surface area (Å²) in [6.45, 7) is 6.86. The zero-order chi connectivity index (χ0) is 15.2. The zero-order valence-electron chi connectivity index (χ0n) is 12.6. The zero-order valence-corrected chi connectivity index (χ0v) is 12.6. The molecule has 0 aliphatic rings. The Labute approximate surface area is 124 Å². The molecule has 0 aliphatic heterocycles. The fourth-order valence-electron chi connectivity index (χ4n) is 1.86. The number of nitrogens with zero attached hydrogens (tertiary/aromatic N) is 2. The number of hydrogen-bond acceptors (Lipinski definition) is 4. The summed E-state index contributed by atoms with van der Waals surface area (Å²) in [7, 11) is 0. The van der Waals surface area contributed by atoms with E-state index < -0.39 is 0 Å². The normalized spacial score (nSPS) is 10.2. The van der Waals surface area contributed by atoms with Crippen LogP contribution in [0.3, 0.4) is 0 Å². The standard InChI is InChI=1S/C16H20N4O/c1-4-9-17-15-8-7-13(19-20-15)16(21)18-14-10-11(2)5-6-12(14)3/h5-8,10H,4,9H2,1-3H3,(H,17,20)(H,18,21). The number of carbonyl (C=O) groups excluding carboxylic acids is 1. The highest BCUT2D eigenvalue weighted by Gasteiger charge is 2.10. The summed E-state index contributed by atoms with van der Waals surface area (Å²) in [6.07, 6.45) is 1.01. The molecule has 2 aromatic rings. The van der Waals surface area contributed by atoms with Crippen molar-refractivity contribution in [2.75, 3.05) is 17.2 Å². The molecule has 1 aromatic heterocycles. The van der Waals surface area contributed by atoms with Gasteiger partial charge in [-0.3, -0.25) is 4.79 Å². The van der Waals surface area contributed by atoms with Crippen LogP contribution in [0, 0.1) is 13.8 Å². The van der Waals surface area contributed by atoms with E-state index in [1.165, 1.54) is 0 Å². The van der Waals surface area contributed by atoms with Crippen molar-refractivity contribution in [2.45, 2.75) is 27.2 Å². The lowest BCUT2D eigenvalue weighted by Crippen LogP contribution is -2.15. The van der Waals surface area contributed by atoms with Crippen molar-refractivity contribution in [3.05, 3.63) is 47.2 Å². The lowest BCUT2D eigenvalue weighted by Gasteiger charge is -2.09. The molecule has 0 bridgehead atoms. The number of anilines is 2. The molecule has 21 heavy (non-hydrogen) atoms. The summed E-state index contributed by atoms with van der Waals surface area (Å²) in [5.74, 6) is 0.429. The largest absolute Gasteiger partial charge is 0.369 e. The molecule has 1 amide bonds. The van der Waals surface area contributed by atoms with Gasteiger partial charge < -0.3 is 10.6 Å². The predicted octanol–water partition coefficient (Wildman–Crippen LogP) is 3.17. The van der Waals surface area contributed by atoms with Gasteiger partial charge in [0.1, 0.15) is 5.82 Å². The number of aryl methyl sites for hydroxylation is 2. The van der Waals surface area contributed by atoms with Crippen LogP contribution in [0.15, 0.2) is 30.3 Å². The molecule has 0 saturated heterocycles. The van der Waals surface area contributed by atoms with Crippen molar-refractivity contribution in [1.29, 1.82) is 0 Å². The van der Waals surface area contributed by atoms with Crippen LogP contribution in [-0.4, -0.2) is 22.6 Å². The first-order valence-corrected chi connectivity index (χ1v) is 7.06. The molecule has 5 heteroatoms. The Morgan fingerprint density at radius 2 is 1.95 bits per heavy atom. The first-order chi connectivity index (χ1) is 10.1. The maximum Gasteiger partial charge on any atom is 0.276 e. The van der Waals surface area contributed by atoms with Gasteiger partial charge in [-0.1, -0.05) is 19.1 Å². The minimum absolute atomic E-state index is 0.252. The third-order valence-corrected chi connectivity index (χ3v) is 3.09. The van der Waals surface area contributed by atoms with E-state index in [0.29, 0.717) is 11.5 Å². The first kappa shape index (κ1) is 15.0. The fourth-order valence-corrected chi connectivity index (χ4v) is 1.86. The Morgan fingerprint density at radius 1 is 1.14 bits per heavy atom. The maximum atomic E-state index is 12.2. The molecule has 0 fully saturated rings. The monoisotopic (exact) mass is 284 g/mol. The Balaban J connectivity index is 2.07. The number of rotatable bonds is 5. The van der Waals surface area contributed by atoms with Gasteiger partial charge in [-0.25, -0.2) is 0 Å². The first-order valence-electron chi connectivity index (χ1n) is 7.06. The van der Waals surface area contributed by atoms with E-state index in [2.05, 4.69) is 27.8 Å². The second-order valence-electron chi connectivity index (χ2n) is 5.00. The average Bonchev–Trinajstić information content (AvgIpc) is 2.49. The van der Waals surface area contributed by atoms with Gasteiger partial charge in [0.15, 0.2) is 5.69 Å². The van der Waals surface area contributed by atoms with Crippen molar-refractivity contribution in [1.82, 2.24) is 10.2 Å². The molecule has 0 radical (unpaired) electrons. The summed E-state index contributed by atoms with van der Waals surface area (Å²) >= 11 is 0. The highest BCUT2D eigenvalue weighted by Crippen LogP contribution is 2.17. The van der Waals surface area contributed by atoms with Gasteiger partial charge in [0.25, 0.3) is 5.91 Å². The molecule has 0 atom stereocenters. The molecule has 1 heterocycles. The number of amides is 1. The van der Waals surface area contributed by atoms with Crippen molar-refractivity contribution >= 4 is 17.4 Å². The lowest BCUT2D eigenvalue weighted by atomic mass is 10.1. The summed E-state index contributed by atoms with van der Waals surface area (Å²) in [5, 5.41) is 13.9. The Kier molecular flexibility index (Phi) is 4.87. The van der Waals surface area contributed by atoms with Crippen LogP contribution < -0.4 is 10.6 Å². The Bertz CT molecular complexity index is 623. The number of benzene rings is 1. The Morgan fingerprint density at radius 3 is 2.62 bits per heavy atom. The van der Waals surface area contributed by atoms with E-state index in [0.717, 1.165) is 29.8 Å². The van der Waals surface area contributed by atoms with Gasteiger partial charge in [0.2, 0.25) is 0 Å². The average molecular weight is 284 g/mol. The van der Waals surface area contributed by atoms with Gasteiger partial charge in [-0.15, -0.1) is 10.2 Å². The lowest BCUT2D eigenvalue weighted by molar-refractivity contribution is 0.102. The number of aromatic nitrogens is 2. The molecule has 0 aliphatic carbocycles. The van der Waals surface area contributed by atoms with E-state index in [1.54, 1.807) is 12.1 Å². The van der Waals surface area contributed by atoms with Crippen LogP contribution >= 0.6 is 0 Å². The minimum atomic E-state index is -0.252. The number of hydrogen-bond donors (Lipinski definition) is 2. The number of carbonyl (C=O) groups is 1. The quantitative estimate of drug-likeness (QED) is 0.885. The predicted molar refractivity (Wildman–Crippen MR) is 84.7 cm³/mol. The maximum absolute atomic E-state index is 12.2. The summed E-state index contributed by atoms with van der Waals surface area (Å²) in [6, 6.07) is 9.37. The van der Waals surface area contributed by atoms with E-state index in [4.69, 9.17) is 0 Å². The van der Waals surface area contributed by atoms with Crippen LogP contribution in [0.5, 0.6) is 0 Å². The van der Waals surface area contributed by atoms with Crippen LogP contribution in [0.1, 0.15) is 35.0 Å². The van der Waals surface area contributed by atoms with Gasteiger partial charge in [-0.05, 0) is 49.6 Å².